The van der Waals surface area contributed by atoms with E-state index >= 15 is 0 Å². The van der Waals surface area contributed by atoms with Gasteiger partial charge in [0.15, 0.2) is 18.1 Å². The molecule has 2 aromatic carbocycles. The lowest BCUT2D eigenvalue weighted by atomic mass is 10.1. The monoisotopic (exact) mass is 348 g/mol. The van der Waals surface area contributed by atoms with E-state index in [1.807, 2.05) is 48.5 Å². The van der Waals surface area contributed by atoms with Gasteiger partial charge in [0.25, 0.3) is 5.91 Å². The van der Waals surface area contributed by atoms with Gasteiger partial charge in [-0.15, -0.1) is 0 Å². The minimum atomic E-state index is -0.0651. The summed E-state index contributed by atoms with van der Waals surface area (Å²) in [5, 5.41) is 1.03. The number of amides is 1. The summed E-state index contributed by atoms with van der Waals surface area (Å²) < 4.78 is 16.4. The van der Waals surface area contributed by atoms with Crippen LogP contribution < -0.4 is 14.2 Å². The predicted octanol–water partition coefficient (Wildman–Crippen LogP) is 2.88. The van der Waals surface area contributed by atoms with E-state index in [2.05, 4.69) is 4.98 Å². The Morgan fingerprint density at radius 3 is 2.85 bits per heavy atom. The zero-order valence-electron chi connectivity index (χ0n) is 14.0. The summed E-state index contributed by atoms with van der Waals surface area (Å²) in [5.74, 6) is 1.92. The summed E-state index contributed by atoms with van der Waals surface area (Å²) in [6.07, 6.45) is 0. The van der Waals surface area contributed by atoms with Crippen LogP contribution in [0.1, 0.15) is 11.1 Å². The molecule has 2 aliphatic heterocycles. The fourth-order valence-electron chi connectivity index (χ4n) is 3.30. The maximum atomic E-state index is 12.5. The molecule has 0 aliphatic carbocycles. The van der Waals surface area contributed by atoms with Gasteiger partial charge in [-0.05, 0) is 29.8 Å². The number of fused-ring (bicyclic) bond motifs is 3. The predicted molar refractivity (Wildman–Crippen MR) is 94.1 cm³/mol. The van der Waals surface area contributed by atoms with E-state index in [0.717, 1.165) is 27.8 Å². The first-order chi connectivity index (χ1) is 12.8. The smallest absolute Gasteiger partial charge is 0.261 e. The van der Waals surface area contributed by atoms with Crippen molar-refractivity contribution in [3.05, 3.63) is 59.7 Å². The topological polar surface area (TPSA) is 60.9 Å². The van der Waals surface area contributed by atoms with Crippen molar-refractivity contribution < 1.29 is 19.0 Å². The lowest BCUT2D eigenvalue weighted by Gasteiger charge is -2.20. The van der Waals surface area contributed by atoms with Crippen LogP contribution in [0.25, 0.3) is 10.9 Å². The molecule has 0 atom stereocenters. The van der Waals surface area contributed by atoms with Gasteiger partial charge in [0.1, 0.15) is 0 Å². The lowest BCUT2D eigenvalue weighted by Crippen LogP contribution is -2.31. The molecule has 26 heavy (non-hydrogen) atoms. The molecule has 5 rings (SSSR count). The molecule has 2 aliphatic rings. The number of benzene rings is 2. The highest BCUT2D eigenvalue weighted by Crippen LogP contribution is 2.33. The number of rotatable bonds is 2. The van der Waals surface area contributed by atoms with Crippen LogP contribution in [-0.2, 0) is 17.9 Å². The maximum Gasteiger partial charge on any atom is 0.261 e. The molecule has 6 nitrogen and oxygen atoms in total. The van der Waals surface area contributed by atoms with Gasteiger partial charge in [-0.1, -0.05) is 24.3 Å². The molecule has 0 saturated heterocycles. The summed E-state index contributed by atoms with van der Waals surface area (Å²) in [6, 6.07) is 15.7. The van der Waals surface area contributed by atoms with Gasteiger partial charge in [0, 0.05) is 17.5 Å². The second kappa shape index (κ2) is 5.91. The van der Waals surface area contributed by atoms with Crippen LogP contribution in [0.4, 0.5) is 0 Å². The van der Waals surface area contributed by atoms with Gasteiger partial charge in [-0.2, -0.15) is 0 Å². The number of ether oxygens (including phenoxy) is 3. The zero-order chi connectivity index (χ0) is 17.5. The van der Waals surface area contributed by atoms with Gasteiger partial charge in [-0.25, -0.2) is 4.98 Å². The summed E-state index contributed by atoms with van der Waals surface area (Å²) in [4.78, 5) is 18.9. The van der Waals surface area contributed by atoms with Crippen LogP contribution in [0.15, 0.2) is 48.5 Å². The Kier molecular flexibility index (Phi) is 3.41. The summed E-state index contributed by atoms with van der Waals surface area (Å²) in [6.45, 7) is 1.16. The average Bonchev–Trinajstić information content (AvgIpc) is 3.07. The number of hydrogen-bond donors (Lipinski definition) is 0. The van der Waals surface area contributed by atoms with Gasteiger partial charge in [0.2, 0.25) is 12.7 Å². The van der Waals surface area contributed by atoms with E-state index < -0.39 is 0 Å². The Morgan fingerprint density at radius 1 is 1.00 bits per heavy atom. The number of carbonyl (C=O) groups is 1. The average molecular weight is 348 g/mol. The van der Waals surface area contributed by atoms with Gasteiger partial charge in [-0.3, -0.25) is 4.79 Å². The van der Waals surface area contributed by atoms with Crippen LogP contribution in [0.2, 0.25) is 0 Å². The van der Waals surface area contributed by atoms with E-state index in [-0.39, 0.29) is 19.3 Å². The number of hydrogen-bond acceptors (Lipinski definition) is 5. The first kappa shape index (κ1) is 15.0. The molecule has 0 radical (unpaired) electrons. The molecule has 0 spiro atoms. The molecule has 0 unspecified atom stereocenters. The zero-order valence-corrected chi connectivity index (χ0v) is 14.0. The third kappa shape index (κ3) is 2.60. The van der Waals surface area contributed by atoms with E-state index in [1.54, 1.807) is 4.90 Å². The van der Waals surface area contributed by atoms with Crippen LogP contribution >= 0.6 is 0 Å². The number of para-hydroxylation sites is 1. The fourth-order valence-corrected chi connectivity index (χ4v) is 3.30. The molecule has 6 heteroatoms. The third-order valence-electron chi connectivity index (χ3n) is 4.62. The SMILES string of the molecule is O=C1COc2nc3ccccc3cc2CN1Cc1ccc2c(c1)OCO2. The highest BCUT2D eigenvalue weighted by molar-refractivity contribution is 5.82. The highest BCUT2D eigenvalue weighted by Gasteiger charge is 2.24. The van der Waals surface area contributed by atoms with Crippen molar-refractivity contribution in [3.63, 3.8) is 0 Å². The molecule has 0 saturated carbocycles. The number of pyridine rings is 1. The standard InChI is InChI=1S/C20H16N2O4/c23-19-11-24-20-15(8-14-3-1-2-4-16(14)21-20)10-22(19)9-13-5-6-17-18(7-13)26-12-25-17/h1-8H,9-12H2. The van der Waals surface area contributed by atoms with Crippen molar-refractivity contribution in [2.75, 3.05) is 13.4 Å². The van der Waals surface area contributed by atoms with E-state index in [9.17, 15) is 4.79 Å². The molecule has 130 valence electrons. The van der Waals surface area contributed by atoms with Gasteiger partial charge >= 0.3 is 0 Å². The normalized spacial score (nSPS) is 15.5. The van der Waals surface area contributed by atoms with Crippen molar-refractivity contribution in [2.45, 2.75) is 13.1 Å². The second-order valence-electron chi connectivity index (χ2n) is 6.37. The molecule has 3 aromatic rings. The third-order valence-corrected chi connectivity index (χ3v) is 4.62. The van der Waals surface area contributed by atoms with E-state index in [1.165, 1.54) is 0 Å². The molecular weight excluding hydrogens is 332 g/mol. The molecular formula is C20H16N2O4. The van der Waals surface area contributed by atoms with Crippen molar-refractivity contribution in [2.24, 2.45) is 0 Å². The van der Waals surface area contributed by atoms with Crippen LogP contribution in [0.3, 0.4) is 0 Å². The number of aromatic nitrogens is 1. The highest BCUT2D eigenvalue weighted by atomic mass is 16.7. The first-order valence-electron chi connectivity index (χ1n) is 8.44. The quantitative estimate of drug-likeness (QED) is 0.713. The molecule has 0 N–H and O–H groups in total. The Bertz CT molecular complexity index is 1020. The summed E-state index contributed by atoms with van der Waals surface area (Å²) >= 11 is 0. The van der Waals surface area contributed by atoms with Crippen LogP contribution in [0.5, 0.6) is 17.4 Å². The molecule has 1 aromatic heterocycles. The summed E-state index contributed by atoms with van der Waals surface area (Å²) in [5.41, 5.74) is 2.76. The Balaban J connectivity index is 1.46. The second-order valence-corrected chi connectivity index (χ2v) is 6.37. The van der Waals surface area contributed by atoms with Crippen molar-refractivity contribution >= 4 is 16.8 Å². The van der Waals surface area contributed by atoms with Gasteiger partial charge < -0.3 is 19.1 Å². The van der Waals surface area contributed by atoms with E-state index in [0.29, 0.717) is 24.7 Å². The van der Waals surface area contributed by atoms with Crippen molar-refractivity contribution in [3.8, 4) is 17.4 Å². The minimum Gasteiger partial charge on any atom is -0.467 e. The minimum absolute atomic E-state index is 0.0110. The van der Waals surface area contributed by atoms with Crippen LogP contribution in [0, 0.1) is 0 Å². The lowest BCUT2D eigenvalue weighted by molar-refractivity contribution is -0.133. The number of nitrogens with zero attached hydrogens (tertiary/aromatic N) is 2. The largest absolute Gasteiger partial charge is 0.467 e. The van der Waals surface area contributed by atoms with E-state index in [4.69, 9.17) is 14.2 Å². The molecule has 0 bridgehead atoms. The molecule has 1 amide bonds. The van der Waals surface area contributed by atoms with Crippen molar-refractivity contribution in [1.82, 2.24) is 9.88 Å². The molecule has 0 fully saturated rings. The number of carbonyl (C=O) groups excluding carboxylic acids is 1. The first-order valence-corrected chi connectivity index (χ1v) is 8.44. The Morgan fingerprint density at radius 2 is 1.88 bits per heavy atom. The Labute approximate surface area is 149 Å². The van der Waals surface area contributed by atoms with Crippen molar-refractivity contribution in [1.29, 1.82) is 0 Å². The maximum absolute atomic E-state index is 12.5. The fraction of sp³-hybridized carbons (Fsp3) is 0.200. The summed E-state index contributed by atoms with van der Waals surface area (Å²) in [7, 11) is 0. The molecule has 3 heterocycles. The Hall–Kier alpha value is -3.28. The van der Waals surface area contributed by atoms with Gasteiger partial charge in [0.05, 0.1) is 12.1 Å². The van der Waals surface area contributed by atoms with Crippen LogP contribution in [-0.4, -0.2) is 29.2 Å².